The van der Waals surface area contributed by atoms with Crippen molar-refractivity contribution in [3.63, 3.8) is 0 Å². The highest BCUT2D eigenvalue weighted by molar-refractivity contribution is 5.50. The Labute approximate surface area is 183 Å². The number of benzene rings is 4. The molecule has 2 heteroatoms. The molecule has 2 nitrogen and oxygen atoms in total. The van der Waals surface area contributed by atoms with E-state index in [9.17, 15) is 0 Å². The Morgan fingerprint density at radius 3 is 1.42 bits per heavy atom. The van der Waals surface area contributed by atoms with Gasteiger partial charge in [-0.05, 0) is 5.56 Å². The van der Waals surface area contributed by atoms with E-state index in [1.54, 1.807) is 0 Å². The Morgan fingerprint density at radius 2 is 0.968 bits per heavy atom. The maximum atomic E-state index is 2.34. The summed E-state index contributed by atoms with van der Waals surface area (Å²) in [5.74, 6) is 0. The monoisotopic (exact) mass is 401 g/mol. The average molecular weight is 402 g/mol. The average Bonchev–Trinajstić information content (AvgIpc) is 3.31. The normalized spacial score (nSPS) is 11.4. The van der Waals surface area contributed by atoms with Gasteiger partial charge in [0.2, 0.25) is 6.33 Å². The highest BCUT2D eigenvalue weighted by atomic mass is 15.2. The molecule has 0 N–H and O–H groups in total. The summed E-state index contributed by atoms with van der Waals surface area (Å²) in [7, 11) is 0. The van der Waals surface area contributed by atoms with Crippen LogP contribution >= 0.6 is 0 Å². The first-order chi connectivity index (χ1) is 15.4. The van der Waals surface area contributed by atoms with Crippen LogP contribution in [0.2, 0.25) is 0 Å². The molecule has 5 aromatic rings. The Kier molecular flexibility index (Phi) is 5.20. The zero-order valence-corrected chi connectivity index (χ0v) is 17.4. The molecule has 150 valence electrons. The minimum absolute atomic E-state index is 0.467. The second kappa shape index (κ2) is 8.45. The van der Waals surface area contributed by atoms with Crippen molar-refractivity contribution >= 4 is 0 Å². The molecular weight excluding hydrogens is 376 g/mol. The molecule has 1 aromatic heterocycles. The lowest BCUT2D eigenvalue weighted by atomic mass is 9.77. The van der Waals surface area contributed by atoms with E-state index in [4.69, 9.17) is 0 Å². The van der Waals surface area contributed by atoms with Gasteiger partial charge in [-0.2, -0.15) is 0 Å². The third kappa shape index (κ3) is 3.57. The van der Waals surface area contributed by atoms with Crippen LogP contribution in [0.5, 0.6) is 0 Å². The van der Waals surface area contributed by atoms with Crippen molar-refractivity contribution in [2.24, 2.45) is 0 Å². The van der Waals surface area contributed by atoms with Crippen LogP contribution in [0, 0.1) is 0 Å². The fourth-order valence-electron chi connectivity index (χ4n) is 4.47. The highest BCUT2D eigenvalue weighted by Gasteiger charge is 2.42. The van der Waals surface area contributed by atoms with E-state index in [2.05, 4.69) is 149 Å². The molecule has 0 spiro atoms. The number of hydrogen-bond acceptors (Lipinski definition) is 0. The van der Waals surface area contributed by atoms with Gasteiger partial charge >= 0.3 is 0 Å². The Hall–Kier alpha value is -3.91. The molecule has 31 heavy (non-hydrogen) atoms. The van der Waals surface area contributed by atoms with E-state index in [1.807, 2.05) is 0 Å². The van der Waals surface area contributed by atoms with Gasteiger partial charge in [0.1, 0.15) is 18.9 Å². The first-order valence-electron chi connectivity index (χ1n) is 10.7. The van der Waals surface area contributed by atoms with Crippen molar-refractivity contribution in [3.05, 3.63) is 162 Å². The lowest BCUT2D eigenvalue weighted by molar-refractivity contribution is -0.688. The van der Waals surface area contributed by atoms with Gasteiger partial charge in [-0.1, -0.05) is 121 Å². The van der Waals surface area contributed by atoms with Gasteiger partial charge in [0.25, 0.3) is 0 Å². The van der Waals surface area contributed by atoms with E-state index in [1.165, 1.54) is 22.3 Å². The minimum atomic E-state index is -0.467. The second-order valence-electron chi connectivity index (χ2n) is 7.79. The number of hydrogen-bond donors (Lipinski definition) is 0. The van der Waals surface area contributed by atoms with Gasteiger partial charge < -0.3 is 0 Å². The summed E-state index contributed by atoms with van der Waals surface area (Å²) < 4.78 is 4.59. The molecular formula is C29H25N2+. The van der Waals surface area contributed by atoms with Gasteiger partial charge in [0.15, 0.2) is 5.54 Å². The molecule has 0 atom stereocenters. The predicted molar refractivity (Wildman–Crippen MR) is 125 cm³/mol. The molecule has 1 heterocycles. The number of aromatic nitrogens is 2. The van der Waals surface area contributed by atoms with Crippen LogP contribution in [0.3, 0.4) is 0 Å². The van der Waals surface area contributed by atoms with Gasteiger partial charge in [0, 0.05) is 16.7 Å². The van der Waals surface area contributed by atoms with Crippen LogP contribution < -0.4 is 4.57 Å². The number of rotatable bonds is 6. The van der Waals surface area contributed by atoms with Crippen LogP contribution in [0.25, 0.3) is 0 Å². The molecule has 0 saturated heterocycles. The largest absolute Gasteiger partial charge is 0.245 e. The Morgan fingerprint density at radius 1 is 0.548 bits per heavy atom. The maximum absolute atomic E-state index is 2.34. The van der Waals surface area contributed by atoms with E-state index in [0.717, 1.165) is 6.54 Å². The second-order valence-corrected chi connectivity index (χ2v) is 7.79. The summed E-state index contributed by atoms with van der Waals surface area (Å²) in [6, 6.07) is 42.9. The van der Waals surface area contributed by atoms with Crippen molar-refractivity contribution in [1.82, 2.24) is 4.57 Å². The molecule has 0 bridgehead atoms. The van der Waals surface area contributed by atoms with Crippen LogP contribution in [-0.4, -0.2) is 4.57 Å². The highest BCUT2D eigenvalue weighted by Crippen LogP contribution is 2.40. The third-order valence-electron chi connectivity index (χ3n) is 5.86. The number of nitrogens with zero attached hydrogens (tertiary/aromatic N) is 2. The number of imidazole rings is 1. The van der Waals surface area contributed by atoms with E-state index in [0.29, 0.717) is 0 Å². The predicted octanol–water partition coefficient (Wildman–Crippen LogP) is 5.66. The summed E-state index contributed by atoms with van der Waals surface area (Å²) in [6.45, 7) is 0.836. The molecule has 0 amide bonds. The summed E-state index contributed by atoms with van der Waals surface area (Å²) in [5, 5.41) is 0. The van der Waals surface area contributed by atoms with Crippen LogP contribution in [0.1, 0.15) is 22.3 Å². The summed E-state index contributed by atoms with van der Waals surface area (Å²) in [6.07, 6.45) is 6.58. The topological polar surface area (TPSA) is 8.81 Å². The zero-order valence-electron chi connectivity index (χ0n) is 17.4. The van der Waals surface area contributed by atoms with Gasteiger partial charge in [-0.3, -0.25) is 0 Å². The standard InChI is InChI=1S/C29H25N2/c1-5-13-25(14-6-1)23-30-21-22-31(24-30)29(26-15-7-2-8-16-26,27-17-9-3-10-18-27)28-19-11-4-12-20-28/h1-22,24H,23H2/q+1. The zero-order chi connectivity index (χ0) is 20.9. The maximum Gasteiger partial charge on any atom is 0.245 e. The van der Waals surface area contributed by atoms with E-state index in [-0.39, 0.29) is 0 Å². The van der Waals surface area contributed by atoms with Gasteiger partial charge in [0.05, 0.1) is 0 Å². The van der Waals surface area contributed by atoms with Crippen molar-refractivity contribution < 1.29 is 4.57 Å². The molecule has 0 aliphatic heterocycles. The molecule has 0 fully saturated rings. The molecule has 0 saturated carbocycles. The molecule has 0 aliphatic carbocycles. The van der Waals surface area contributed by atoms with Crippen molar-refractivity contribution in [3.8, 4) is 0 Å². The lowest BCUT2D eigenvalue weighted by Crippen LogP contribution is -2.39. The first kappa shape index (κ1) is 19.1. The minimum Gasteiger partial charge on any atom is -0.233 e. The van der Waals surface area contributed by atoms with E-state index < -0.39 is 5.54 Å². The summed E-state index contributed by atoms with van der Waals surface area (Å²) in [4.78, 5) is 0. The summed E-state index contributed by atoms with van der Waals surface area (Å²) >= 11 is 0. The van der Waals surface area contributed by atoms with Crippen LogP contribution in [-0.2, 0) is 12.1 Å². The molecule has 0 aliphatic rings. The molecule has 0 radical (unpaired) electrons. The fraction of sp³-hybridized carbons (Fsp3) is 0.0690. The van der Waals surface area contributed by atoms with Crippen molar-refractivity contribution in [2.45, 2.75) is 12.1 Å². The quantitative estimate of drug-likeness (QED) is 0.256. The van der Waals surface area contributed by atoms with Crippen molar-refractivity contribution in [2.75, 3.05) is 0 Å². The van der Waals surface area contributed by atoms with Crippen LogP contribution in [0.4, 0.5) is 0 Å². The van der Waals surface area contributed by atoms with Crippen molar-refractivity contribution in [1.29, 1.82) is 0 Å². The lowest BCUT2D eigenvalue weighted by Gasteiger charge is -2.32. The molecule has 5 rings (SSSR count). The summed E-state index contributed by atoms with van der Waals surface area (Å²) in [5.41, 5.74) is 4.51. The van der Waals surface area contributed by atoms with Gasteiger partial charge in [-0.25, -0.2) is 9.13 Å². The smallest absolute Gasteiger partial charge is 0.233 e. The third-order valence-corrected chi connectivity index (χ3v) is 5.86. The Balaban J connectivity index is 1.73. The van der Waals surface area contributed by atoms with Gasteiger partial charge in [-0.15, -0.1) is 0 Å². The van der Waals surface area contributed by atoms with E-state index >= 15 is 0 Å². The fourth-order valence-corrected chi connectivity index (χ4v) is 4.47. The molecule has 4 aromatic carbocycles. The van der Waals surface area contributed by atoms with Crippen LogP contribution in [0.15, 0.2) is 140 Å². The Bertz CT molecular complexity index is 1130. The SMILES string of the molecule is c1ccc(C[n+]2ccn(C(c3ccccc3)(c3ccccc3)c3ccccc3)c2)cc1. The molecule has 0 unspecified atom stereocenters. The first-order valence-corrected chi connectivity index (χ1v) is 10.7.